The van der Waals surface area contributed by atoms with Crippen molar-refractivity contribution >= 4 is 5.78 Å². The summed E-state index contributed by atoms with van der Waals surface area (Å²) in [5, 5.41) is 23.2. The second-order valence-corrected chi connectivity index (χ2v) is 10.3. The SMILES string of the molecule is C[C@@H]1CC(=O)C2=C(O1)O[C@]1(C)CC[C@]3(O)C(C)(C)[C@@H]4O[C@@H]4[C@H](O)[C@@]3(C)[C@H]1C2. The third kappa shape index (κ3) is 1.90. The lowest BCUT2D eigenvalue weighted by atomic mass is 9.41. The number of aliphatic hydroxyl groups excluding tert-OH is 1. The monoisotopic (exact) mass is 378 g/mol. The molecule has 0 aromatic rings. The minimum absolute atomic E-state index is 0.0496. The standard InChI is InChI=1S/C21H30O6/c1-10-8-12(22)11-9-13-19(4,27-17(11)25-10)6-7-21(24)18(2,3)16-14(26-16)15(23)20(13,21)5/h10,13-16,23-24H,6-9H2,1-5H3/t10-,13+,14-,15+,16-,19-,20-,21+/m1/s1. The van der Waals surface area contributed by atoms with Crippen molar-refractivity contribution < 1.29 is 29.2 Å². The second kappa shape index (κ2) is 4.89. The van der Waals surface area contributed by atoms with Gasteiger partial charge in [-0.2, -0.15) is 0 Å². The Labute approximate surface area is 159 Å². The molecule has 0 unspecified atom stereocenters. The van der Waals surface area contributed by atoms with Crippen molar-refractivity contribution in [2.24, 2.45) is 16.7 Å². The van der Waals surface area contributed by atoms with Crippen LogP contribution in [0.5, 0.6) is 0 Å². The van der Waals surface area contributed by atoms with Crippen LogP contribution in [0, 0.1) is 16.7 Å². The first-order chi connectivity index (χ1) is 12.5. The lowest BCUT2D eigenvalue weighted by molar-refractivity contribution is -0.300. The summed E-state index contributed by atoms with van der Waals surface area (Å²) in [5.74, 6) is 0.202. The van der Waals surface area contributed by atoms with Gasteiger partial charge in [-0.1, -0.05) is 20.8 Å². The number of hydrogen-bond donors (Lipinski definition) is 2. The molecule has 0 bridgehead atoms. The summed E-state index contributed by atoms with van der Waals surface area (Å²) in [6, 6.07) is 0. The van der Waals surface area contributed by atoms with Gasteiger partial charge in [0, 0.05) is 23.2 Å². The highest BCUT2D eigenvalue weighted by Crippen LogP contribution is 2.70. The van der Waals surface area contributed by atoms with Gasteiger partial charge in [0.05, 0.1) is 23.4 Å². The molecule has 3 fully saturated rings. The predicted octanol–water partition coefficient (Wildman–Crippen LogP) is 2.07. The Bertz CT molecular complexity index is 758. The number of epoxide rings is 1. The molecule has 3 heterocycles. The quantitative estimate of drug-likeness (QED) is 0.628. The maximum atomic E-state index is 12.7. The highest BCUT2D eigenvalue weighted by Gasteiger charge is 2.79. The number of ketones is 1. The van der Waals surface area contributed by atoms with E-state index in [9.17, 15) is 15.0 Å². The minimum Gasteiger partial charge on any atom is -0.462 e. The summed E-state index contributed by atoms with van der Waals surface area (Å²) >= 11 is 0. The number of Topliss-reactive ketones (excluding diaryl/α,β-unsaturated/α-hetero) is 1. The van der Waals surface area contributed by atoms with E-state index in [0.717, 1.165) is 0 Å². The molecule has 3 aliphatic heterocycles. The zero-order valence-electron chi connectivity index (χ0n) is 16.7. The minimum atomic E-state index is -1.10. The molecular weight excluding hydrogens is 348 g/mol. The van der Waals surface area contributed by atoms with Gasteiger partial charge in [0.15, 0.2) is 5.78 Å². The van der Waals surface area contributed by atoms with Crippen LogP contribution in [-0.2, 0) is 19.0 Å². The molecule has 2 aliphatic carbocycles. The number of ether oxygens (including phenoxy) is 3. The van der Waals surface area contributed by atoms with Crippen LogP contribution in [0.1, 0.15) is 60.3 Å². The summed E-state index contributed by atoms with van der Waals surface area (Å²) in [5.41, 5.74) is -2.46. The average Bonchev–Trinajstić information content (AvgIpc) is 3.37. The second-order valence-electron chi connectivity index (χ2n) is 10.3. The number of hydrogen-bond acceptors (Lipinski definition) is 6. The number of carbonyl (C=O) groups excluding carboxylic acids is 1. The van der Waals surface area contributed by atoms with Gasteiger partial charge in [-0.25, -0.2) is 0 Å². The molecule has 0 aromatic heterocycles. The van der Waals surface area contributed by atoms with Crippen molar-refractivity contribution in [3.05, 3.63) is 11.5 Å². The third-order valence-corrected chi connectivity index (χ3v) is 8.66. The number of rotatable bonds is 0. The molecule has 6 heteroatoms. The van der Waals surface area contributed by atoms with Gasteiger partial charge in [-0.3, -0.25) is 4.79 Å². The Balaban J connectivity index is 1.63. The van der Waals surface area contributed by atoms with Gasteiger partial charge in [-0.05, 0) is 33.1 Å². The Hall–Kier alpha value is -1.11. The Kier molecular flexibility index (Phi) is 3.25. The fraction of sp³-hybridized carbons (Fsp3) is 0.857. The van der Waals surface area contributed by atoms with E-state index in [1.807, 2.05) is 34.6 Å². The summed E-state index contributed by atoms with van der Waals surface area (Å²) < 4.78 is 18.0. The van der Waals surface area contributed by atoms with Crippen LogP contribution in [-0.4, -0.2) is 51.6 Å². The van der Waals surface area contributed by atoms with Crippen LogP contribution in [0.3, 0.4) is 0 Å². The van der Waals surface area contributed by atoms with Gasteiger partial charge in [-0.15, -0.1) is 0 Å². The number of fused-ring (bicyclic) bond motifs is 4. The van der Waals surface area contributed by atoms with Crippen molar-refractivity contribution in [3.8, 4) is 0 Å². The normalized spacial score (nSPS) is 55.4. The highest BCUT2D eigenvalue weighted by atomic mass is 16.7. The van der Waals surface area contributed by atoms with Crippen LogP contribution in [0.15, 0.2) is 11.5 Å². The van der Waals surface area contributed by atoms with Crippen LogP contribution >= 0.6 is 0 Å². The van der Waals surface area contributed by atoms with Crippen molar-refractivity contribution in [1.82, 2.24) is 0 Å². The largest absolute Gasteiger partial charge is 0.462 e. The summed E-state index contributed by atoms with van der Waals surface area (Å²) in [7, 11) is 0. The third-order valence-electron chi connectivity index (χ3n) is 8.66. The topological polar surface area (TPSA) is 88.5 Å². The molecule has 5 aliphatic rings. The first-order valence-electron chi connectivity index (χ1n) is 10.1. The van der Waals surface area contributed by atoms with E-state index in [1.165, 1.54) is 0 Å². The zero-order valence-corrected chi connectivity index (χ0v) is 16.7. The molecule has 0 spiro atoms. The molecule has 1 saturated heterocycles. The highest BCUT2D eigenvalue weighted by molar-refractivity contribution is 5.96. The first kappa shape index (κ1) is 18.0. The van der Waals surface area contributed by atoms with Gasteiger partial charge in [0.1, 0.15) is 17.8 Å². The van der Waals surface area contributed by atoms with Crippen molar-refractivity contribution in [2.45, 2.75) is 95.9 Å². The number of allylic oxidation sites excluding steroid dienone is 1. The van der Waals surface area contributed by atoms with E-state index in [2.05, 4.69) is 0 Å². The summed E-state index contributed by atoms with van der Waals surface area (Å²) in [6.45, 7) is 9.94. The van der Waals surface area contributed by atoms with Gasteiger partial charge in [0.25, 0.3) is 5.95 Å². The van der Waals surface area contributed by atoms with E-state index in [0.29, 0.717) is 37.2 Å². The molecule has 2 saturated carbocycles. The van der Waals surface area contributed by atoms with Crippen LogP contribution < -0.4 is 0 Å². The van der Waals surface area contributed by atoms with E-state index in [4.69, 9.17) is 14.2 Å². The fourth-order valence-electron chi connectivity index (χ4n) is 6.83. The predicted molar refractivity (Wildman–Crippen MR) is 95.5 cm³/mol. The maximum absolute atomic E-state index is 12.7. The van der Waals surface area contributed by atoms with E-state index < -0.39 is 28.1 Å². The van der Waals surface area contributed by atoms with Gasteiger partial charge < -0.3 is 24.4 Å². The number of carbonyl (C=O) groups is 1. The molecular formula is C21H30O6. The summed E-state index contributed by atoms with van der Waals surface area (Å²) in [4.78, 5) is 12.7. The van der Waals surface area contributed by atoms with Crippen LogP contribution in [0.4, 0.5) is 0 Å². The van der Waals surface area contributed by atoms with Gasteiger partial charge >= 0.3 is 0 Å². The molecule has 2 N–H and O–H groups in total. The molecule has 0 amide bonds. The molecule has 6 nitrogen and oxygen atoms in total. The molecule has 8 atom stereocenters. The summed E-state index contributed by atoms with van der Waals surface area (Å²) in [6.07, 6.45) is 0.576. The molecule has 27 heavy (non-hydrogen) atoms. The smallest absolute Gasteiger partial charge is 0.286 e. The van der Waals surface area contributed by atoms with E-state index >= 15 is 0 Å². The van der Waals surface area contributed by atoms with Crippen molar-refractivity contribution in [3.63, 3.8) is 0 Å². The van der Waals surface area contributed by atoms with Crippen LogP contribution in [0.25, 0.3) is 0 Å². The molecule has 150 valence electrons. The van der Waals surface area contributed by atoms with E-state index in [-0.39, 0.29) is 30.0 Å². The van der Waals surface area contributed by atoms with Crippen molar-refractivity contribution in [2.75, 3.05) is 0 Å². The Morgan fingerprint density at radius 3 is 2.52 bits per heavy atom. The zero-order chi connectivity index (χ0) is 19.6. The van der Waals surface area contributed by atoms with Crippen molar-refractivity contribution in [1.29, 1.82) is 0 Å². The Morgan fingerprint density at radius 2 is 1.81 bits per heavy atom. The average molecular weight is 378 g/mol. The lowest BCUT2D eigenvalue weighted by Gasteiger charge is -2.67. The molecule has 5 rings (SSSR count). The van der Waals surface area contributed by atoms with E-state index in [1.54, 1.807) is 0 Å². The first-order valence-corrected chi connectivity index (χ1v) is 10.1. The van der Waals surface area contributed by atoms with Gasteiger partial charge in [0.2, 0.25) is 0 Å². The Morgan fingerprint density at radius 1 is 1.11 bits per heavy atom. The molecule has 0 aromatic carbocycles. The maximum Gasteiger partial charge on any atom is 0.286 e. The number of aliphatic hydroxyl groups is 2. The molecule has 0 radical (unpaired) electrons. The fourth-order valence-corrected chi connectivity index (χ4v) is 6.83. The van der Waals surface area contributed by atoms with Crippen LogP contribution in [0.2, 0.25) is 0 Å². The lowest BCUT2D eigenvalue weighted by Crippen LogP contribution is -2.75.